The van der Waals surface area contributed by atoms with Crippen LogP contribution in [0.5, 0.6) is 0 Å². The summed E-state index contributed by atoms with van der Waals surface area (Å²) in [5.41, 5.74) is 5.22. The van der Waals surface area contributed by atoms with Gasteiger partial charge in [0.05, 0.1) is 11.1 Å². The van der Waals surface area contributed by atoms with E-state index in [1.165, 1.54) is 0 Å². The predicted octanol–water partition coefficient (Wildman–Crippen LogP) is 9.86. The normalized spacial score (nSPS) is 12.5. The van der Waals surface area contributed by atoms with Gasteiger partial charge in [0, 0.05) is 10.8 Å². The summed E-state index contributed by atoms with van der Waals surface area (Å²) in [5, 5.41) is 0. The van der Waals surface area contributed by atoms with Crippen LogP contribution in [-0.2, 0) is 31.4 Å². The highest BCUT2D eigenvalue weighted by Crippen LogP contribution is 2.42. The highest BCUT2D eigenvalue weighted by atomic mass is 17.2. The molecule has 0 unspecified atom stereocenters. The Bertz CT molecular complexity index is 1510. The van der Waals surface area contributed by atoms with E-state index in [4.69, 9.17) is 9.78 Å². The number of rotatable bonds is 6. The quantitative estimate of drug-likeness (QED) is 0.166. The first-order chi connectivity index (χ1) is 20.5. The largest absolute Gasteiger partial charge is 0.386 e. The van der Waals surface area contributed by atoms with Gasteiger partial charge in [-0.25, -0.2) is 19.4 Å². The first kappa shape index (κ1) is 32.7. The third kappa shape index (κ3) is 6.50. The average Bonchev–Trinajstić information content (AvgIpc) is 2.98. The van der Waals surface area contributed by atoms with Crippen molar-refractivity contribution < 1.29 is 19.4 Å². The van der Waals surface area contributed by atoms with Crippen LogP contribution in [0, 0.1) is 0 Å². The maximum Gasteiger partial charge on any atom is 0.386 e. The Morgan fingerprint density at radius 2 is 0.750 bits per heavy atom. The van der Waals surface area contributed by atoms with Crippen LogP contribution in [0.3, 0.4) is 0 Å². The highest BCUT2D eigenvalue weighted by molar-refractivity contribution is 5.95. The van der Waals surface area contributed by atoms with E-state index in [0.717, 1.165) is 33.4 Å². The Morgan fingerprint density at radius 3 is 1.05 bits per heavy atom. The minimum absolute atomic E-state index is 0.377. The van der Waals surface area contributed by atoms with Crippen molar-refractivity contribution in [1.82, 2.24) is 0 Å². The summed E-state index contributed by atoms with van der Waals surface area (Å²) in [6.07, 6.45) is 0. The summed E-state index contributed by atoms with van der Waals surface area (Å²) >= 11 is 0. The van der Waals surface area contributed by atoms with Crippen molar-refractivity contribution in [3.05, 3.63) is 142 Å². The lowest BCUT2D eigenvalue weighted by Gasteiger charge is -2.34. The molecule has 0 atom stereocenters. The summed E-state index contributed by atoms with van der Waals surface area (Å²) in [5.74, 6) is -1.40. The summed E-state index contributed by atoms with van der Waals surface area (Å²) in [6, 6.07) is 31.8. The zero-order valence-corrected chi connectivity index (χ0v) is 27.9. The minimum Gasteiger partial charge on any atom is -0.241 e. The van der Waals surface area contributed by atoms with Crippen molar-refractivity contribution in [1.29, 1.82) is 0 Å². The first-order valence-corrected chi connectivity index (χ1v) is 15.3. The lowest BCUT2D eigenvalue weighted by atomic mass is 9.69. The Hall–Kier alpha value is -4.18. The molecule has 4 nitrogen and oxygen atoms in total. The Kier molecular flexibility index (Phi) is 8.98. The zero-order valence-electron chi connectivity index (χ0n) is 27.9. The zero-order chi connectivity index (χ0) is 32.5. The molecule has 0 aromatic heterocycles. The van der Waals surface area contributed by atoms with Gasteiger partial charge in [-0.05, 0) is 56.3 Å². The lowest BCUT2D eigenvalue weighted by Crippen LogP contribution is -2.29. The Labute approximate surface area is 263 Å². The summed E-state index contributed by atoms with van der Waals surface area (Å²) in [7, 11) is 0. The van der Waals surface area contributed by atoms with E-state index >= 15 is 0 Å². The van der Waals surface area contributed by atoms with Gasteiger partial charge >= 0.3 is 11.9 Å². The molecule has 0 aliphatic heterocycles. The molecule has 0 amide bonds. The molecule has 0 radical (unpaired) electrons. The summed E-state index contributed by atoms with van der Waals surface area (Å²) < 4.78 is 0. The maximum absolute atomic E-state index is 13.7. The molecule has 0 spiro atoms. The van der Waals surface area contributed by atoms with Crippen molar-refractivity contribution in [3.63, 3.8) is 0 Å². The summed E-state index contributed by atoms with van der Waals surface area (Å²) in [4.78, 5) is 38.0. The third-order valence-corrected chi connectivity index (χ3v) is 8.60. The van der Waals surface area contributed by atoms with Crippen LogP contribution in [0.2, 0.25) is 0 Å². The molecular weight excluding hydrogens is 544 g/mol. The SMILES string of the molecule is CC(C)(C)c1c(C(=O)OOC(=O)c2cccc(C(C)(C)c3ccccc3)c2C(C)(C)C)cccc1C(C)(C)c1ccccc1. The van der Waals surface area contributed by atoms with E-state index in [0.29, 0.717) is 11.1 Å². The number of hydrogen-bond acceptors (Lipinski definition) is 4. The monoisotopic (exact) mass is 590 g/mol. The van der Waals surface area contributed by atoms with Gasteiger partial charge < -0.3 is 0 Å². The molecule has 44 heavy (non-hydrogen) atoms. The molecule has 4 aromatic carbocycles. The summed E-state index contributed by atoms with van der Waals surface area (Å²) in [6.45, 7) is 21.1. The third-order valence-electron chi connectivity index (χ3n) is 8.60. The molecule has 0 bridgehead atoms. The van der Waals surface area contributed by atoms with Gasteiger partial charge in [-0.2, -0.15) is 0 Å². The van der Waals surface area contributed by atoms with Crippen LogP contribution < -0.4 is 0 Å². The van der Waals surface area contributed by atoms with Crippen LogP contribution in [0.1, 0.15) is 123 Å². The molecule has 0 aliphatic carbocycles. The molecular formula is C40H46O4. The maximum atomic E-state index is 13.7. The molecule has 4 aromatic rings. The highest BCUT2D eigenvalue weighted by Gasteiger charge is 2.36. The van der Waals surface area contributed by atoms with Gasteiger partial charge in [-0.15, -0.1) is 0 Å². The van der Waals surface area contributed by atoms with Crippen molar-refractivity contribution in [2.45, 2.75) is 90.9 Å². The second-order valence-corrected chi connectivity index (χ2v) is 14.7. The van der Waals surface area contributed by atoms with E-state index in [1.54, 1.807) is 12.1 Å². The smallest absolute Gasteiger partial charge is 0.241 e. The van der Waals surface area contributed by atoms with Crippen LogP contribution in [0.25, 0.3) is 0 Å². The van der Waals surface area contributed by atoms with Gasteiger partial charge in [-0.1, -0.05) is 154 Å². The standard InChI is InChI=1S/C40H46O4/c1-37(2,3)33-29(23-17-25-31(33)39(7,8)27-19-13-11-14-20-27)35(41)43-44-36(42)30-24-18-26-32(34(30)38(4,5)6)40(9,10)28-21-15-12-16-22-28/h11-26H,1-10H3. The van der Waals surface area contributed by atoms with Gasteiger partial charge in [0.2, 0.25) is 0 Å². The second-order valence-electron chi connectivity index (χ2n) is 14.7. The lowest BCUT2D eigenvalue weighted by molar-refractivity contribution is -0.187. The van der Waals surface area contributed by atoms with Crippen molar-refractivity contribution in [3.8, 4) is 0 Å². The second kappa shape index (κ2) is 12.1. The fourth-order valence-corrected chi connectivity index (χ4v) is 6.29. The van der Waals surface area contributed by atoms with Gasteiger partial charge in [-0.3, -0.25) is 0 Å². The number of hydrogen-bond donors (Lipinski definition) is 0. The molecule has 0 N–H and O–H groups in total. The van der Waals surface area contributed by atoms with Crippen molar-refractivity contribution >= 4 is 11.9 Å². The van der Waals surface area contributed by atoms with Gasteiger partial charge in [0.15, 0.2) is 0 Å². The molecule has 4 heteroatoms. The van der Waals surface area contributed by atoms with Crippen LogP contribution in [-0.4, -0.2) is 11.9 Å². The Balaban J connectivity index is 1.70. The minimum atomic E-state index is -0.702. The molecule has 0 saturated carbocycles. The van der Waals surface area contributed by atoms with E-state index in [-0.39, 0.29) is 10.8 Å². The first-order valence-electron chi connectivity index (χ1n) is 15.3. The number of carbonyl (C=O) groups excluding carboxylic acids is 2. The predicted molar refractivity (Wildman–Crippen MR) is 178 cm³/mol. The number of benzene rings is 4. The van der Waals surface area contributed by atoms with E-state index in [2.05, 4.69) is 106 Å². The van der Waals surface area contributed by atoms with Crippen molar-refractivity contribution in [2.75, 3.05) is 0 Å². The molecule has 4 rings (SSSR count). The molecule has 0 saturated heterocycles. The topological polar surface area (TPSA) is 52.6 Å². The fraction of sp³-hybridized carbons (Fsp3) is 0.350. The number of carbonyl (C=O) groups is 2. The average molecular weight is 591 g/mol. The molecule has 0 aliphatic rings. The fourth-order valence-electron chi connectivity index (χ4n) is 6.29. The van der Waals surface area contributed by atoms with E-state index in [1.807, 2.05) is 48.5 Å². The van der Waals surface area contributed by atoms with Gasteiger partial charge in [0.1, 0.15) is 0 Å². The van der Waals surface area contributed by atoms with E-state index in [9.17, 15) is 9.59 Å². The van der Waals surface area contributed by atoms with Crippen molar-refractivity contribution in [2.24, 2.45) is 0 Å². The van der Waals surface area contributed by atoms with E-state index < -0.39 is 22.8 Å². The van der Waals surface area contributed by atoms with Gasteiger partial charge in [0.25, 0.3) is 0 Å². The molecule has 0 heterocycles. The molecule has 230 valence electrons. The van der Waals surface area contributed by atoms with Crippen LogP contribution in [0.4, 0.5) is 0 Å². The molecule has 0 fully saturated rings. The Morgan fingerprint density at radius 1 is 0.432 bits per heavy atom. The van der Waals surface area contributed by atoms with Crippen LogP contribution in [0.15, 0.2) is 97.1 Å². The van der Waals surface area contributed by atoms with Crippen LogP contribution >= 0.6 is 0 Å².